The number of aromatic nitrogens is 3. The van der Waals surface area contributed by atoms with Crippen LogP contribution in [0.25, 0.3) is 0 Å². The van der Waals surface area contributed by atoms with Crippen molar-refractivity contribution in [2.24, 2.45) is 4.99 Å². The number of rotatable bonds is 8. The average molecular weight is 456 g/mol. The average Bonchev–Trinajstić information content (AvgIpc) is 3.07. The minimum absolute atomic E-state index is 0. The lowest BCUT2D eigenvalue weighted by molar-refractivity contribution is 0.581. The van der Waals surface area contributed by atoms with Crippen LogP contribution in [-0.2, 0) is 19.4 Å². The Hall–Kier alpha value is -1.64. The number of aryl methyl sites for hydroxylation is 2. The second-order valence-electron chi connectivity index (χ2n) is 5.86. The fourth-order valence-electron chi connectivity index (χ4n) is 2.56. The van der Waals surface area contributed by atoms with Crippen molar-refractivity contribution < 1.29 is 0 Å². The molecule has 1 unspecified atom stereocenters. The fraction of sp³-hybridized carbons (Fsp3) is 0.500. The smallest absolute Gasteiger partial charge is 0.191 e. The lowest BCUT2D eigenvalue weighted by atomic mass is 10.1. The van der Waals surface area contributed by atoms with Gasteiger partial charge in [0.15, 0.2) is 5.96 Å². The maximum absolute atomic E-state index is 4.30. The first-order valence-corrected chi connectivity index (χ1v) is 8.60. The quantitative estimate of drug-likeness (QED) is 0.364. The molecule has 0 aliphatic carbocycles. The van der Waals surface area contributed by atoms with Gasteiger partial charge in [0.25, 0.3) is 0 Å². The largest absolute Gasteiger partial charge is 0.355 e. The molecule has 25 heavy (non-hydrogen) atoms. The number of nitrogens with zero attached hydrogens (tertiary/aromatic N) is 4. The third kappa shape index (κ3) is 7.41. The van der Waals surface area contributed by atoms with E-state index < -0.39 is 0 Å². The van der Waals surface area contributed by atoms with Crippen LogP contribution in [0.15, 0.2) is 41.7 Å². The number of hydrogen-bond acceptors (Lipinski definition) is 3. The van der Waals surface area contributed by atoms with Gasteiger partial charge in [-0.3, -0.25) is 4.99 Å². The van der Waals surface area contributed by atoms with Crippen LogP contribution >= 0.6 is 24.0 Å². The fourth-order valence-corrected chi connectivity index (χ4v) is 2.56. The van der Waals surface area contributed by atoms with Crippen LogP contribution in [0.5, 0.6) is 0 Å². The van der Waals surface area contributed by atoms with Crippen LogP contribution in [0, 0.1) is 0 Å². The van der Waals surface area contributed by atoms with Crippen molar-refractivity contribution in [3.8, 4) is 0 Å². The van der Waals surface area contributed by atoms with Crippen LogP contribution in [0.4, 0.5) is 0 Å². The molecule has 1 heterocycles. The Morgan fingerprint density at radius 2 is 2.04 bits per heavy atom. The molecule has 0 spiro atoms. The highest BCUT2D eigenvalue weighted by molar-refractivity contribution is 14.0. The molecule has 2 aromatic rings. The van der Waals surface area contributed by atoms with Crippen LogP contribution in [0.1, 0.15) is 31.7 Å². The highest BCUT2D eigenvalue weighted by Crippen LogP contribution is 2.04. The Morgan fingerprint density at radius 1 is 1.28 bits per heavy atom. The van der Waals surface area contributed by atoms with Crippen molar-refractivity contribution in [2.75, 3.05) is 13.6 Å². The van der Waals surface area contributed by atoms with Gasteiger partial charge in [0.1, 0.15) is 12.2 Å². The van der Waals surface area contributed by atoms with Crippen LogP contribution in [0.2, 0.25) is 0 Å². The Balaban J connectivity index is 0.00000312. The molecule has 1 aromatic carbocycles. The molecule has 0 amide bonds. The predicted octanol–water partition coefficient (Wildman–Crippen LogP) is 2.64. The molecule has 0 fully saturated rings. The third-order valence-electron chi connectivity index (χ3n) is 3.97. The number of benzene rings is 1. The van der Waals surface area contributed by atoms with E-state index in [2.05, 4.69) is 74.6 Å². The molecule has 6 nitrogen and oxygen atoms in total. The predicted molar refractivity (Wildman–Crippen MR) is 114 cm³/mol. The minimum atomic E-state index is 0. The third-order valence-corrected chi connectivity index (χ3v) is 3.97. The monoisotopic (exact) mass is 456 g/mol. The van der Waals surface area contributed by atoms with Crippen molar-refractivity contribution in [1.29, 1.82) is 0 Å². The lowest BCUT2D eigenvalue weighted by Gasteiger charge is -2.18. The summed E-state index contributed by atoms with van der Waals surface area (Å²) in [5, 5.41) is 14.8. The van der Waals surface area contributed by atoms with Gasteiger partial charge in [-0.05, 0) is 25.3 Å². The molecular weight excluding hydrogens is 427 g/mol. The normalized spacial score (nSPS) is 12.4. The summed E-state index contributed by atoms with van der Waals surface area (Å²) >= 11 is 0. The molecule has 0 radical (unpaired) electrons. The van der Waals surface area contributed by atoms with Gasteiger partial charge in [-0.15, -0.1) is 34.2 Å². The first kappa shape index (κ1) is 21.4. The Labute approximate surface area is 167 Å². The molecule has 2 rings (SSSR count). The number of nitrogens with one attached hydrogen (secondary N) is 2. The molecule has 1 aromatic heterocycles. The van der Waals surface area contributed by atoms with Crippen molar-refractivity contribution >= 4 is 29.9 Å². The summed E-state index contributed by atoms with van der Waals surface area (Å²) in [4.78, 5) is 4.30. The first-order chi connectivity index (χ1) is 11.7. The summed E-state index contributed by atoms with van der Waals surface area (Å²) in [5.41, 5.74) is 1.37. The molecule has 0 bridgehead atoms. The van der Waals surface area contributed by atoms with E-state index in [-0.39, 0.29) is 24.0 Å². The maximum Gasteiger partial charge on any atom is 0.191 e. The number of aliphatic imine (C=N–C) groups is 1. The molecular formula is C18H29IN6. The van der Waals surface area contributed by atoms with Gasteiger partial charge in [-0.1, -0.05) is 37.3 Å². The zero-order chi connectivity index (χ0) is 17.2. The molecule has 0 saturated heterocycles. The standard InChI is InChI=1S/C18H28N6.HI/c1-4-17-23-21-14-24(17)13-12-20-18(19-3)22-15(2)10-11-16-8-6-5-7-9-16;/h5-9,14-15H,4,10-13H2,1-3H3,(H2,19,20,22);1H. The number of hydrogen-bond donors (Lipinski definition) is 2. The van der Waals surface area contributed by atoms with E-state index in [4.69, 9.17) is 0 Å². The highest BCUT2D eigenvalue weighted by atomic mass is 127. The molecule has 2 N–H and O–H groups in total. The van der Waals surface area contributed by atoms with Crippen LogP contribution in [0.3, 0.4) is 0 Å². The van der Waals surface area contributed by atoms with E-state index >= 15 is 0 Å². The lowest BCUT2D eigenvalue weighted by Crippen LogP contribution is -2.43. The van der Waals surface area contributed by atoms with Gasteiger partial charge in [0.2, 0.25) is 0 Å². The van der Waals surface area contributed by atoms with Crippen molar-refractivity contribution in [3.63, 3.8) is 0 Å². The number of halogens is 1. The minimum Gasteiger partial charge on any atom is -0.355 e. The zero-order valence-corrected chi connectivity index (χ0v) is 17.6. The molecule has 7 heteroatoms. The summed E-state index contributed by atoms with van der Waals surface area (Å²) in [7, 11) is 1.80. The van der Waals surface area contributed by atoms with Crippen molar-refractivity contribution in [1.82, 2.24) is 25.4 Å². The summed E-state index contributed by atoms with van der Waals surface area (Å²) in [6.07, 6.45) is 4.80. The Kier molecular flexibility index (Phi) is 10.1. The van der Waals surface area contributed by atoms with E-state index in [1.54, 1.807) is 13.4 Å². The van der Waals surface area contributed by atoms with Gasteiger partial charge in [0, 0.05) is 32.6 Å². The van der Waals surface area contributed by atoms with E-state index in [1.165, 1.54) is 5.56 Å². The molecule has 138 valence electrons. The van der Waals surface area contributed by atoms with Crippen LogP contribution < -0.4 is 10.6 Å². The van der Waals surface area contributed by atoms with Crippen molar-refractivity contribution in [2.45, 2.75) is 45.7 Å². The van der Waals surface area contributed by atoms with Crippen LogP contribution in [-0.4, -0.2) is 40.4 Å². The summed E-state index contributed by atoms with van der Waals surface area (Å²) < 4.78 is 2.07. The second-order valence-corrected chi connectivity index (χ2v) is 5.86. The van der Waals surface area contributed by atoms with Gasteiger partial charge in [0.05, 0.1) is 0 Å². The molecule has 0 aliphatic rings. The maximum atomic E-state index is 4.30. The van der Waals surface area contributed by atoms with E-state index in [0.717, 1.165) is 44.1 Å². The molecule has 0 aliphatic heterocycles. The van der Waals surface area contributed by atoms with Crippen molar-refractivity contribution in [3.05, 3.63) is 48.0 Å². The van der Waals surface area contributed by atoms with Gasteiger partial charge < -0.3 is 15.2 Å². The molecule has 1 atom stereocenters. The second kappa shape index (κ2) is 11.8. The highest BCUT2D eigenvalue weighted by Gasteiger charge is 2.06. The van der Waals surface area contributed by atoms with E-state index in [0.29, 0.717) is 6.04 Å². The van der Waals surface area contributed by atoms with E-state index in [9.17, 15) is 0 Å². The van der Waals surface area contributed by atoms with E-state index in [1.807, 2.05) is 0 Å². The van der Waals surface area contributed by atoms with Gasteiger partial charge in [-0.2, -0.15) is 0 Å². The number of guanidine groups is 1. The summed E-state index contributed by atoms with van der Waals surface area (Å²) in [6, 6.07) is 10.9. The first-order valence-electron chi connectivity index (χ1n) is 8.60. The topological polar surface area (TPSA) is 67.1 Å². The molecule has 0 saturated carbocycles. The Morgan fingerprint density at radius 3 is 2.72 bits per heavy atom. The summed E-state index contributed by atoms with van der Waals surface area (Å²) in [5.74, 6) is 1.85. The van der Waals surface area contributed by atoms with Gasteiger partial charge in [-0.25, -0.2) is 0 Å². The Bertz CT molecular complexity index is 626. The zero-order valence-electron chi connectivity index (χ0n) is 15.3. The van der Waals surface area contributed by atoms with Gasteiger partial charge >= 0.3 is 0 Å². The SMILES string of the molecule is CCc1nncn1CCNC(=NC)NC(C)CCc1ccccc1.I. The summed E-state index contributed by atoms with van der Waals surface area (Å²) in [6.45, 7) is 5.89.